The summed E-state index contributed by atoms with van der Waals surface area (Å²) in [7, 11) is -2.65. The summed E-state index contributed by atoms with van der Waals surface area (Å²) in [6, 6.07) is 18.5. The van der Waals surface area contributed by atoms with E-state index in [9.17, 15) is 14.2 Å². The molecule has 6 nitrogen and oxygen atoms in total. The fraction of sp³-hybridized carbons (Fsp3) is 0.375. The van der Waals surface area contributed by atoms with Gasteiger partial charge in [-0.3, -0.25) is 4.79 Å². The van der Waals surface area contributed by atoms with Crippen LogP contribution in [0, 0.1) is 0 Å². The van der Waals surface area contributed by atoms with Crippen LogP contribution in [0.15, 0.2) is 60.7 Å². The topological polar surface area (TPSA) is 95.5 Å². The van der Waals surface area contributed by atoms with Gasteiger partial charge in [-0.15, -0.1) is 0 Å². The van der Waals surface area contributed by atoms with Crippen molar-refractivity contribution in [1.82, 2.24) is 10.6 Å². The first-order valence-corrected chi connectivity index (χ1v) is 14.2. The average molecular weight is 507 g/mol. The molecule has 0 saturated heterocycles. The van der Waals surface area contributed by atoms with Gasteiger partial charge >= 0.3 is 5.97 Å². The molecule has 0 unspecified atom stereocenters. The number of thiocarbonyl (C=S) groups is 1. The molecular formula is C24H31N2O4PS2. The summed E-state index contributed by atoms with van der Waals surface area (Å²) in [5.74, 6) is -1.29. The molecule has 0 fully saturated rings. The van der Waals surface area contributed by atoms with Crippen LogP contribution in [0.25, 0.3) is 0 Å². The molecule has 2 aromatic carbocycles. The van der Waals surface area contributed by atoms with Crippen LogP contribution in [0.3, 0.4) is 0 Å². The molecule has 1 amide bonds. The highest BCUT2D eigenvalue weighted by molar-refractivity contribution is 8.23. The molecule has 0 aromatic heterocycles. The second kappa shape index (κ2) is 14.2. The van der Waals surface area contributed by atoms with Crippen LogP contribution in [0.1, 0.15) is 32.6 Å². The van der Waals surface area contributed by atoms with Gasteiger partial charge in [-0.05, 0) is 12.8 Å². The number of unbranched alkanes of at least 4 members (excludes halogenated alkanes) is 3. The van der Waals surface area contributed by atoms with E-state index in [4.69, 9.17) is 17.3 Å². The van der Waals surface area contributed by atoms with Crippen LogP contribution in [0.2, 0.25) is 0 Å². The quantitative estimate of drug-likeness (QED) is 0.216. The van der Waals surface area contributed by atoms with Crippen LogP contribution in [-0.4, -0.2) is 45.8 Å². The number of carbonyl (C=O) groups excluding carboxylic acids is 1. The second-order valence-corrected chi connectivity index (χ2v) is 12.3. The Bertz CT molecular complexity index is 914. The van der Waals surface area contributed by atoms with Crippen molar-refractivity contribution in [1.29, 1.82) is 0 Å². The molecule has 0 bridgehead atoms. The molecule has 0 heterocycles. The van der Waals surface area contributed by atoms with Crippen molar-refractivity contribution in [3.05, 3.63) is 60.7 Å². The first-order valence-electron chi connectivity index (χ1n) is 10.9. The Balaban J connectivity index is 1.72. The highest BCUT2D eigenvalue weighted by Crippen LogP contribution is 2.44. The fourth-order valence-electron chi connectivity index (χ4n) is 3.38. The van der Waals surface area contributed by atoms with E-state index in [0.717, 1.165) is 36.3 Å². The third kappa shape index (κ3) is 9.32. The number of nitrogens with one attached hydrogen (secondary N) is 2. The molecule has 9 heteroatoms. The summed E-state index contributed by atoms with van der Waals surface area (Å²) in [6.45, 7) is 1.98. The molecule has 2 rings (SSSR count). The van der Waals surface area contributed by atoms with E-state index < -0.39 is 19.2 Å². The summed E-state index contributed by atoms with van der Waals surface area (Å²) in [5.41, 5.74) is 0. The number of carboxylic acid groups (broad SMARTS) is 1. The van der Waals surface area contributed by atoms with Crippen molar-refractivity contribution in [2.45, 2.75) is 38.6 Å². The van der Waals surface area contributed by atoms with Gasteiger partial charge in [0.2, 0.25) is 5.91 Å². The Morgan fingerprint density at radius 3 is 2.03 bits per heavy atom. The van der Waals surface area contributed by atoms with Crippen LogP contribution in [0.5, 0.6) is 0 Å². The highest BCUT2D eigenvalue weighted by atomic mass is 32.2. The van der Waals surface area contributed by atoms with Gasteiger partial charge in [0.25, 0.3) is 0 Å². The summed E-state index contributed by atoms with van der Waals surface area (Å²) >= 11 is 6.45. The van der Waals surface area contributed by atoms with Gasteiger partial charge in [0.1, 0.15) is 17.5 Å². The van der Waals surface area contributed by atoms with Crippen LogP contribution in [0.4, 0.5) is 0 Å². The SMILES string of the molecule is CC(=O)N[C@@H](CSC(=S)NCCCCCCP(=O)(c1ccccc1)c1ccccc1)C(=O)O. The van der Waals surface area contributed by atoms with Gasteiger partial charge in [0.15, 0.2) is 0 Å². The molecule has 0 radical (unpaired) electrons. The maximum absolute atomic E-state index is 13.9. The summed E-state index contributed by atoms with van der Waals surface area (Å²) in [5, 5.41) is 16.4. The molecule has 3 N–H and O–H groups in total. The van der Waals surface area contributed by atoms with E-state index in [2.05, 4.69) is 10.6 Å². The number of amides is 1. The number of thioether (sulfide) groups is 1. The van der Waals surface area contributed by atoms with E-state index in [1.54, 1.807) is 0 Å². The molecule has 0 aliphatic carbocycles. The van der Waals surface area contributed by atoms with Gasteiger partial charge in [-0.1, -0.05) is 97.5 Å². The largest absolute Gasteiger partial charge is 0.480 e. The molecule has 2 aromatic rings. The van der Waals surface area contributed by atoms with Crippen molar-refractivity contribution in [3.63, 3.8) is 0 Å². The normalized spacial score (nSPS) is 12.0. The number of benzene rings is 2. The van der Waals surface area contributed by atoms with Gasteiger partial charge in [0, 0.05) is 36.0 Å². The van der Waals surface area contributed by atoms with Crippen LogP contribution < -0.4 is 21.2 Å². The molecule has 33 heavy (non-hydrogen) atoms. The van der Waals surface area contributed by atoms with Gasteiger partial charge < -0.3 is 20.3 Å². The zero-order valence-electron chi connectivity index (χ0n) is 18.7. The number of carboxylic acids is 1. The maximum Gasteiger partial charge on any atom is 0.327 e. The van der Waals surface area contributed by atoms with Crippen LogP contribution in [-0.2, 0) is 14.2 Å². The third-order valence-corrected chi connectivity index (χ3v) is 9.69. The Morgan fingerprint density at radius 2 is 1.52 bits per heavy atom. The van der Waals surface area contributed by atoms with Crippen LogP contribution >= 0.6 is 31.1 Å². The van der Waals surface area contributed by atoms with E-state index in [1.165, 1.54) is 18.7 Å². The number of hydrogen-bond acceptors (Lipinski definition) is 5. The average Bonchev–Trinajstić information content (AvgIpc) is 2.81. The van der Waals surface area contributed by atoms with E-state index in [-0.39, 0.29) is 11.7 Å². The van der Waals surface area contributed by atoms with Gasteiger partial charge in [-0.25, -0.2) is 4.79 Å². The number of aliphatic carboxylic acids is 1. The first-order chi connectivity index (χ1) is 15.8. The molecular weight excluding hydrogens is 475 g/mol. The summed E-state index contributed by atoms with van der Waals surface area (Å²) < 4.78 is 14.5. The smallest absolute Gasteiger partial charge is 0.327 e. The Morgan fingerprint density at radius 1 is 0.970 bits per heavy atom. The van der Waals surface area contributed by atoms with Crippen molar-refractivity contribution < 1.29 is 19.3 Å². The lowest BCUT2D eigenvalue weighted by atomic mass is 10.2. The summed E-state index contributed by atoms with van der Waals surface area (Å²) in [6.07, 6.45) is 4.37. The van der Waals surface area contributed by atoms with E-state index >= 15 is 0 Å². The Labute approximate surface area is 205 Å². The Kier molecular flexibility index (Phi) is 11.6. The zero-order valence-corrected chi connectivity index (χ0v) is 21.3. The zero-order chi connectivity index (χ0) is 24.1. The molecule has 0 aliphatic rings. The Hall–Kier alpha value is -2.15. The van der Waals surface area contributed by atoms with Crippen molar-refractivity contribution in [3.8, 4) is 0 Å². The van der Waals surface area contributed by atoms with Gasteiger partial charge in [0.05, 0.1) is 0 Å². The monoisotopic (exact) mass is 506 g/mol. The van der Waals surface area contributed by atoms with Gasteiger partial charge in [-0.2, -0.15) is 0 Å². The van der Waals surface area contributed by atoms with E-state index in [1.807, 2.05) is 60.7 Å². The van der Waals surface area contributed by atoms with Crippen molar-refractivity contribution >= 4 is 57.9 Å². The number of hydrogen-bond donors (Lipinski definition) is 3. The lowest BCUT2D eigenvalue weighted by Crippen LogP contribution is -2.42. The number of rotatable bonds is 13. The second-order valence-electron chi connectivity index (χ2n) is 7.67. The minimum absolute atomic E-state index is 0.176. The van der Waals surface area contributed by atoms with Crippen molar-refractivity contribution in [2.24, 2.45) is 0 Å². The third-order valence-electron chi connectivity index (χ3n) is 5.07. The van der Waals surface area contributed by atoms with Crippen molar-refractivity contribution in [2.75, 3.05) is 18.5 Å². The lowest BCUT2D eigenvalue weighted by Gasteiger charge is -2.19. The molecule has 0 spiro atoms. The fourth-order valence-corrected chi connectivity index (χ4v) is 7.22. The number of carbonyl (C=O) groups is 2. The highest BCUT2D eigenvalue weighted by Gasteiger charge is 2.26. The maximum atomic E-state index is 13.9. The first kappa shape index (κ1) is 27.1. The lowest BCUT2D eigenvalue weighted by molar-refractivity contribution is -0.140. The predicted octanol–water partition coefficient (Wildman–Crippen LogP) is 3.76. The minimum Gasteiger partial charge on any atom is -0.480 e. The minimum atomic E-state index is -2.65. The molecule has 0 saturated carbocycles. The van der Waals surface area contributed by atoms with E-state index in [0.29, 0.717) is 17.0 Å². The molecule has 1 atom stereocenters. The molecule has 0 aliphatic heterocycles. The summed E-state index contributed by atoms with van der Waals surface area (Å²) in [4.78, 5) is 22.2. The molecule has 178 valence electrons. The predicted molar refractivity (Wildman–Crippen MR) is 141 cm³/mol. The standard InChI is InChI=1S/C24H31N2O4PS2/c1-19(27)26-22(23(28)29)18-33-24(32)25-16-10-2-3-11-17-31(30,20-12-6-4-7-13-20)21-14-8-5-9-15-21/h4-9,12-15,22H,2-3,10-11,16-18H2,1H3,(H,25,32)(H,26,27)(H,28,29)/t22-/m0/s1.